The Morgan fingerprint density at radius 2 is 1.43 bits per heavy atom. The second-order valence-corrected chi connectivity index (χ2v) is 10.2. The molecule has 0 N–H and O–H groups in total. The van der Waals surface area contributed by atoms with Gasteiger partial charge >= 0.3 is 0 Å². The van der Waals surface area contributed by atoms with E-state index in [0.717, 1.165) is 4.90 Å². The van der Waals surface area contributed by atoms with Gasteiger partial charge in [-0.05, 0) is 35.8 Å². The summed E-state index contributed by atoms with van der Waals surface area (Å²) in [6.45, 7) is 0. The number of hydrogen-bond donors (Lipinski definition) is 0. The Balaban J connectivity index is 3.29. The predicted molar refractivity (Wildman–Crippen MR) is 63.2 cm³/mol. The van der Waals surface area contributed by atoms with Gasteiger partial charge in [-0.1, -0.05) is 12.1 Å². The summed E-state index contributed by atoms with van der Waals surface area (Å²) < 4.78 is 22.6. The minimum absolute atomic E-state index is 0.414. The first-order valence-corrected chi connectivity index (χ1v) is 8.95. The van der Waals surface area contributed by atoms with Gasteiger partial charge in [0, 0.05) is 6.26 Å². The molecule has 0 atom stereocenters. The molecule has 80 valence electrons. The molecular weight excluding hydrogens is 216 g/mol. The van der Waals surface area contributed by atoms with E-state index >= 15 is 0 Å². The molecule has 4 heteroatoms. The Labute approximate surface area is 87.6 Å². The molecule has 0 heterocycles. The Morgan fingerprint density at radius 1 is 0.929 bits per heavy atom. The summed E-state index contributed by atoms with van der Waals surface area (Å²) in [4.78, 5) is 1.54. The van der Waals surface area contributed by atoms with Crippen molar-refractivity contribution in [3.8, 4) is 0 Å². The Kier molecular flexibility index (Phi) is 2.97. The van der Waals surface area contributed by atoms with Crippen molar-refractivity contribution in [3.05, 3.63) is 24.3 Å². The summed E-state index contributed by atoms with van der Waals surface area (Å²) in [5.74, 6) is 0. The fourth-order valence-electron chi connectivity index (χ4n) is 1.09. The van der Waals surface area contributed by atoms with Crippen LogP contribution in [0.1, 0.15) is 0 Å². The number of rotatable bonds is 2. The lowest BCUT2D eigenvalue weighted by Crippen LogP contribution is -1.99. The van der Waals surface area contributed by atoms with E-state index in [-0.39, 0.29) is 0 Å². The van der Waals surface area contributed by atoms with Gasteiger partial charge in [0.25, 0.3) is 0 Å². The van der Waals surface area contributed by atoms with E-state index in [2.05, 4.69) is 18.8 Å². The first kappa shape index (κ1) is 11.6. The molecule has 0 spiro atoms. The highest BCUT2D eigenvalue weighted by molar-refractivity contribution is 8.32. The van der Waals surface area contributed by atoms with Gasteiger partial charge in [-0.25, -0.2) is 18.4 Å². The minimum atomic E-state index is -3.07. The van der Waals surface area contributed by atoms with Gasteiger partial charge in [-0.15, -0.1) is 0 Å². The van der Waals surface area contributed by atoms with E-state index in [1.54, 1.807) is 12.1 Å². The van der Waals surface area contributed by atoms with Crippen molar-refractivity contribution in [1.82, 2.24) is 0 Å². The van der Waals surface area contributed by atoms with Crippen molar-refractivity contribution in [3.63, 3.8) is 0 Å². The van der Waals surface area contributed by atoms with Crippen molar-refractivity contribution >= 4 is 19.9 Å². The van der Waals surface area contributed by atoms with Gasteiger partial charge in [0.15, 0.2) is 9.84 Å². The average molecular weight is 232 g/mol. The van der Waals surface area contributed by atoms with E-state index in [4.69, 9.17) is 0 Å². The average Bonchev–Trinajstić information content (AvgIpc) is 2.01. The summed E-state index contributed by atoms with van der Waals surface area (Å²) in [6, 6.07) is 7.22. The smallest absolute Gasteiger partial charge is 0.175 e. The summed E-state index contributed by atoms with van der Waals surface area (Å²) in [7, 11) is -3.92. The largest absolute Gasteiger partial charge is 0.224 e. The highest BCUT2D eigenvalue weighted by Gasteiger charge is 2.12. The molecule has 2 nitrogen and oxygen atoms in total. The summed E-state index contributed by atoms with van der Waals surface area (Å²) in [5.41, 5.74) is 0. The van der Waals surface area contributed by atoms with Crippen LogP contribution in [-0.4, -0.2) is 33.4 Å². The second kappa shape index (κ2) is 3.59. The first-order valence-electron chi connectivity index (χ1n) is 4.20. The van der Waals surface area contributed by atoms with Gasteiger partial charge in [0.2, 0.25) is 0 Å². The van der Waals surface area contributed by atoms with Crippen molar-refractivity contribution in [2.75, 3.05) is 25.0 Å². The molecule has 0 aromatic heterocycles. The third-order valence-electron chi connectivity index (χ3n) is 1.94. The predicted octanol–water partition coefficient (Wildman–Crippen LogP) is 2.14. The molecular formula is C10H16O2S2. The highest BCUT2D eigenvalue weighted by atomic mass is 32.3. The zero-order valence-electron chi connectivity index (χ0n) is 8.94. The molecule has 1 aromatic carbocycles. The van der Waals surface area contributed by atoms with Crippen LogP contribution in [0.4, 0.5) is 0 Å². The molecule has 0 unspecified atom stereocenters. The fraction of sp³-hybridized carbons (Fsp3) is 0.400. The molecule has 1 rings (SSSR count). The summed E-state index contributed by atoms with van der Waals surface area (Å²) >= 11 is 0. The van der Waals surface area contributed by atoms with Gasteiger partial charge in [0.05, 0.1) is 4.90 Å². The van der Waals surface area contributed by atoms with Crippen LogP contribution >= 0.6 is 10.0 Å². The summed E-state index contributed by atoms with van der Waals surface area (Å²) in [6.07, 6.45) is 7.68. The molecule has 14 heavy (non-hydrogen) atoms. The van der Waals surface area contributed by atoms with Gasteiger partial charge in [-0.2, -0.15) is 0 Å². The minimum Gasteiger partial charge on any atom is -0.224 e. The molecule has 0 aliphatic carbocycles. The summed E-state index contributed by atoms with van der Waals surface area (Å²) in [5, 5.41) is 0. The van der Waals surface area contributed by atoms with Crippen LogP contribution in [0.15, 0.2) is 34.1 Å². The normalized spacial score (nSPS) is 14.0. The van der Waals surface area contributed by atoms with E-state index < -0.39 is 19.9 Å². The Bertz CT molecular complexity index is 428. The molecule has 1 aromatic rings. The topological polar surface area (TPSA) is 34.1 Å². The quantitative estimate of drug-likeness (QED) is 0.783. The highest BCUT2D eigenvalue weighted by Crippen LogP contribution is 2.45. The molecule has 0 radical (unpaired) electrons. The van der Waals surface area contributed by atoms with Gasteiger partial charge in [-0.3, -0.25) is 0 Å². The van der Waals surface area contributed by atoms with Gasteiger partial charge in [0.1, 0.15) is 0 Å². The first-order chi connectivity index (χ1) is 6.21. The maximum atomic E-state index is 11.3. The SMILES string of the molecule is CS(C)(C)c1cccc(S(C)(=O)=O)c1. The van der Waals surface area contributed by atoms with Crippen LogP contribution in [0.2, 0.25) is 0 Å². The zero-order chi connectivity index (χ0) is 11.0. The van der Waals surface area contributed by atoms with Crippen molar-refractivity contribution in [2.45, 2.75) is 9.79 Å². The third-order valence-corrected chi connectivity index (χ3v) is 4.72. The third kappa shape index (κ3) is 2.75. The standard InChI is InChI=1S/C10H16O2S2/c1-13(2,3)9-6-5-7-10(8-9)14(4,11)12/h5-8H,1-4H3. The second-order valence-electron chi connectivity index (χ2n) is 4.08. The van der Waals surface area contributed by atoms with Crippen LogP contribution in [0, 0.1) is 0 Å². The van der Waals surface area contributed by atoms with E-state index in [1.165, 1.54) is 6.26 Å². The number of benzene rings is 1. The Morgan fingerprint density at radius 3 is 1.86 bits per heavy atom. The molecule has 0 saturated heterocycles. The number of hydrogen-bond acceptors (Lipinski definition) is 2. The maximum absolute atomic E-state index is 11.3. The molecule has 0 aliphatic heterocycles. The zero-order valence-corrected chi connectivity index (χ0v) is 10.6. The molecule has 0 saturated carbocycles. The lowest BCUT2D eigenvalue weighted by atomic mass is 10.4. The van der Waals surface area contributed by atoms with Crippen molar-refractivity contribution in [2.24, 2.45) is 0 Å². The fourth-order valence-corrected chi connectivity index (χ4v) is 2.79. The van der Waals surface area contributed by atoms with E-state index in [0.29, 0.717) is 4.90 Å². The van der Waals surface area contributed by atoms with Crippen molar-refractivity contribution < 1.29 is 8.42 Å². The van der Waals surface area contributed by atoms with Crippen LogP contribution in [0.3, 0.4) is 0 Å². The molecule has 0 aliphatic rings. The van der Waals surface area contributed by atoms with E-state index in [1.807, 2.05) is 12.1 Å². The van der Waals surface area contributed by atoms with Crippen LogP contribution < -0.4 is 0 Å². The lowest BCUT2D eigenvalue weighted by Gasteiger charge is -2.25. The van der Waals surface area contributed by atoms with Crippen molar-refractivity contribution in [1.29, 1.82) is 0 Å². The van der Waals surface area contributed by atoms with Crippen LogP contribution in [-0.2, 0) is 9.84 Å². The van der Waals surface area contributed by atoms with Gasteiger partial charge < -0.3 is 0 Å². The van der Waals surface area contributed by atoms with E-state index in [9.17, 15) is 8.42 Å². The Hall–Kier alpha value is -0.480. The van der Waals surface area contributed by atoms with Crippen LogP contribution in [0.25, 0.3) is 0 Å². The monoisotopic (exact) mass is 232 g/mol. The maximum Gasteiger partial charge on any atom is 0.175 e. The van der Waals surface area contributed by atoms with Crippen LogP contribution in [0.5, 0.6) is 0 Å². The lowest BCUT2D eigenvalue weighted by molar-refractivity contribution is 0.601. The molecule has 0 bridgehead atoms. The molecule has 0 amide bonds. The molecule has 0 fully saturated rings. The number of sulfone groups is 1.